The van der Waals surface area contributed by atoms with E-state index in [9.17, 15) is 4.79 Å². The van der Waals surface area contributed by atoms with Gasteiger partial charge in [-0.25, -0.2) is 4.98 Å². The molecule has 26 heavy (non-hydrogen) atoms. The lowest BCUT2D eigenvalue weighted by Gasteiger charge is -2.37. The van der Waals surface area contributed by atoms with Gasteiger partial charge in [0.15, 0.2) is 0 Å². The van der Waals surface area contributed by atoms with E-state index in [1.165, 1.54) is 24.8 Å². The Morgan fingerprint density at radius 2 is 2.04 bits per heavy atom. The summed E-state index contributed by atoms with van der Waals surface area (Å²) in [4.78, 5) is 22.0. The fraction of sp³-hybridized carbons (Fsp3) is 0.455. The first-order valence-electron chi connectivity index (χ1n) is 9.83. The van der Waals surface area contributed by atoms with Crippen molar-refractivity contribution in [3.05, 3.63) is 53.9 Å². The van der Waals surface area contributed by atoms with Crippen LogP contribution >= 0.6 is 0 Å². The smallest absolute Gasteiger partial charge is 0.277 e. The molecule has 0 bridgehead atoms. The maximum Gasteiger partial charge on any atom is 0.277 e. The van der Waals surface area contributed by atoms with Gasteiger partial charge in [0.2, 0.25) is 0 Å². The molecular formula is C22H27N3O. The minimum absolute atomic E-state index is 0.000291. The molecule has 2 unspecified atom stereocenters. The highest BCUT2D eigenvalue weighted by Crippen LogP contribution is 2.33. The number of carbonyl (C=O) groups is 1. The molecule has 4 heteroatoms. The first-order valence-corrected chi connectivity index (χ1v) is 9.83. The summed E-state index contributed by atoms with van der Waals surface area (Å²) in [7, 11) is 0. The monoisotopic (exact) mass is 349 g/mol. The molecule has 0 spiro atoms. The Morgan fingerprint density at radius 1 is 1.19 bits per heavy atom. The Kier molecular flexibility index (Phi) is 4.66. The molecule has 1 aromatic heterocycles. The molecular weight excluding hydrogens is 322 g/mol. The van der Waals surface area contributed by atoms with Crippen LogP contribution in [0.5, 0.6) is 0 Å². The second-order valence-electron chi connectivity index (χ2n) is 7.51. The van der Waals surface area contributed by atoms with Crippen molar-refractivity contribution in [3.63, 3.8) is 0 Å². The molecule has 2 atom stereocenters. The van der Waals surface area contributed by atoms with Gasteiger partial charge in [-0.1, -0.05) is 25.1 Å². The average Bonchev–Trinajstić information content (AvgIpc) is 3.03. The number of para-hydroxylation sites is 1. The molecule has 3 heterocycles. The highest BCUT2D eigenvalue weighted by molar-refractivity contribution is 6.06. The summed E-state index contributed by atoms with van der Waals surface area (Å²) in [5.74, 6) is -0.000291. The Balaban J connectivity index is 1.56. The van der Waals surface area contributed by atoms with E-state index in [4.69, 9.17) is 0 Å². The van der Waals surface area contributed by atoms with Gasteiger partial charge in [0.1, 0.15) is 5.69 Å². The van der Waals surface area contributed by atoms with Crippen molar-refractivity contribution in [1.29, 1.82) is 0 Å². The van der Waals surface area contributed by atoms with E-state index in [0.29, 0.717) is 11.7 Å². The number of hydrogen-bond donors (Lipinski definition) is 0. The van der Waals surface area contributed by atoms with Crippen LogP contribution in [0.4, 0.5) is 11.4 Å². The number of amides is 1. The fourth-order valence-corrected chi connectivity index (χ4v) is 4.45. The predicted molar refractivity (Wildman–Crippen MR) is 106 cm³/mol. The first-order chi connectivity index (χ1) is 12.7. The summed E-state index contributed by atoms with van der Waals surface area (Å²) in [5, 5.41) is 0. The SMILES string of the molecule is CCC1CCCCN1c1ccc(C(=O)N2c3ccccc3CC2C)nc1. The van der Waals surface area contributed by atoms with Crippen molar-refractivity contribution in [3.8, 4) is 0 Å². The van der Waals surface area contributed by atoms with E-state index in [0.717, 1.165) is 30.8 Å². The van der Waals surface area contributed by atoms with E-state index in [-0.39, 0.29) is 11.9 Å². The fourth-order valence-electron chi connectivity index (χ4n) is 4.45. The zero-order valence-electron chi connectivity index (χ0n) is 15.7. The van der Waals surface area contributed by atoms with Crippen LogP contribution in [0, 0.1) is 0 Å². The summed E-state index contributed by atoms with van der Waals surface area (Å²) in [6, 6.07) is 12.9. The Morgan fingerprint density at radius 3 is 2.81 bits per heavy atom. The third-order valence-electron chi connectivity index (χ3n) is 5.82. The molecule has 2 aliphatic rings. The van der Waals surface area contributed by atoms with E-state index in [1.807, 2.05) is 35.4 Å². The summed E-state index contributed by atoms with van der Waals surface area (Å²) in [5.41, 5.74) is 3.94. The van der Waals surface area contributed by atoms with Gasteiger partial charge in [0.05, 0.1) is 11.9 Å². The summed E-state index contributed by atoms with van der Waals surface area (Å²) in [6.45, 7) is 5.44. The molecule has 2 aliphatic heterocycles. The van der Waals surface area contributed by atoms with Crippen LogP contribution in [0.15, 0.2) is 42.6 Å². The van der Waals surface area contributed by atoms with Gasteiger partial charge in [0, 0.05) is 24.3 Å². The largest absolute Gasteiger partial charge is 0.367 e. The Bertz CT molecular complexity index is 786. The number of anilines is 2. The normalized spacial score (nSPS) is 22.4. The predicted octanol–water partition coefficient (Wildman–Crippen LogP) is 4.44. The number of benzene rings is 1. The first kappa shape index (κ1) is 17.1. The second-order valence-corrected chi connectivity index (χ2v) is 7.51. The van der Waals surface area contributed by atoms with Crippen LogP contribution in [0.2, 0.25) is 0 Å². The minimum Gasteiger partial charge on any atom is -0.367 e. The third-order valence-corrected chi connectivity index (χ3v) is 5.82. The van der Waals surface area contributed by atoms with E-state index < -0.39 is 0 Å². The van der Waals surface area contributed by atoms with E-state index in [1.54, 1.807) is 0 Å². The topological polar surface area (TPSA) is 36.4 Å². The van der Waals surface area contributed by atoms with Gasteiger partial charge in [-0.05, 0) is 62.8 Å². The number of pyridine rings is 1. The summed E-state index contributed by atoms with van der Waals surface area (Å²) >= 11 is 0. The van der Waals surface area contributed by atoms with Crippen molar-refractivity contribution < 1.29 is 4.79 Å². The van der Waals surface area contributed by atoms with Crippen LogP contribution in [0.25, 0.3) is 0 Å². The van der Waals surface area contributed by atoms with Gasteiger partial charge in [0.25, 0.3) is 5.91 Å². The molecule has 0 N–H and O–H groups in total. The standard InChI is InChI=1S/C22H27N3O/c1-3-18-9-6-7-13-24(18)19-11-12-20(23-15-19)22(26)25-16(2)14-17-8-4-5-10-21(17)25/h4-5,8,10-12,15-16,18H,3,6-7,9,13-14H2,1-2H3. The number of aromatic nitrogens is 1. The molecule has 4 rings (SSSR count). The highest BCUT2D eigenvalue weighted by atomic mass is 16.2. The third kappa shape index (κ3) is 2.98. The van der Waals surface area contributed by atoms with Crippen LogP contribution < -0.4 is 9.80 Å². The molecule has 0 saturated carbocycles. The van der Waals surface area contributed by atoms with Crippen LogP contribution in [0.3, 0.4) is 0 Å². The lowest BCUT2D eigenvalue weighted by atomic mass is 9.99. The number of fused-ring (bicyclic) bond motifs is 1. The van der Waals surface area contributed by atoms with Crippen molar-refractivity contribution in [2.24, 2.45) is 0 Å². The molecule has 136 valence electrons. The van der Waals surface area contributed by atoms with Crippen molar-refractivity contribution in [2.45, 2.75) is 58.0 Å². The van der Waals surface area contributed by atoms with Crippen molar-refractivity contribution in [1.82, 2.24) is 4.98 Å². The molecule has 2 aromatic rings. The van der Waals surface area contributed by atoms with Crippen molar-refractivity contribution in [2.75, 3.05) is 16.3 Å². The molecule has 1 saturated heterocycles. The zero-order chi connectivity index (χ0) is 18.1. The maximum absolute atomic E-state index is 13.1. The molecule has 1 aromatic carbocycles. The lowest BCUT2D eigenvalue weighted by Crippen LogP contribution is -2.39. The highest BCUT2D eigenvalue weighted by Gasteiger charge is 2.32. The van der Waals surface area contributed by atoms with Gasteiger partial charge in [-0.15, -0.1) is 0 Å². The Hall–Kier alpha value is -2.36. The van der Waals surface area contributed by atoms with Crippen LogP contribution in [-0.2, 0) is 6.42 Å². The molecule has 0 aliphatic carbocycles. The van der Waals surface area contributed by atoms with E-state index in [2.05, 4.69) is 35.9 Å². The second kappa shape index (κ2) is 7.10. The van der Waals surface area contributed by atoms with Crippen molar-refractivity contribution >= 4 is 17.3 Å². The summed E-state index contributed by atoms with van der Waals surface area (Å²) < 4.78 is 0. The average molecular weight is 349 g/mol. The van der Waals surface area contributed by atoms with Gasteiger partial charge >= 0.3 is 0 Å². The number of hydrogen-bond acceptors (Lipinski definition) is 3. The van der Waals surface area contributed by atoms with Crippen LogP contribution in [-0.4, -0.2) is 29.5 Å². The number of rotatable bonds is 3. The minimum atomic E-state index is -0.000291. The number of nitrogens with zero attached hydrogens (tertiary/aromatic N) is 3. The van der Waals surface area contributed by atoms with Gasteiger partial charge < -0.3 is 9.80 Å². The summed E-state index contributed by atoms with van der Waals surface area (Å²) in [6.07, 6.45) is 7.74. The van der Waals surface area contributed by atoms with E-state index >= 15 is 0 Å². The Labute approximate surface area is 155 Å². The van der Waals surface area contributed by atoms with Gasteiger partial charge in [-0.3, -0.25) is 4.79 Å². The maximum atomic E-state index is 13.1. The molecule has 0 radical (unpaired) electrons. The number of piperidine rings is 1. The number of carbonyl (C=O) groups excluding carboxylic acids is 1. The lowest BCUT2D eigenvalue weighted by molar-refractivity contribution is 0.0976. The molecule has 1 fully saturated rings. The van der Waals surface area contributed by atoms with Crippen LogP contribution in [0.1, 0.15) is 55.6 Å². The quantitative estimate of drug-likeness (QED) is 0.822. The van der Waals surface area contributed by atoms with Gasteiger partial charge in [-0.2, -0.15) is 0 Å². The zero-order valence-corrected chi connectivity index (χ0v) is 15.7. The molecule has 4 nitrogen and oxygen atoms in total. The molecule has 1 amide bonds.